The molecular weight excluding hydrogens is 246 g/mol. The number of non-ortho nitro benzene ring substituents is 1. The van der Waals surface area contributed by atoms with Gasteiger partial charge in [-0.25, -0.2) is 4.99 Å². The zero-order chi connectivity index (χ0) is 13.8. The molecule has 0 bridgehead atoms. The maximum atomic E-state index is 10.8. The third-order valence-corrected chi connectivity index (χ3v) is 2.64. The minimum absolute atomic E-state index is 0.0156. The average molecular weight is 259 g/mol. The molecule has 1 aromatic heterocycles. The van der Waals surface area contributed by atoms with Gasteiger partial charge in [0.25, 0.3) is 5.69 Å². The van der Waals surface area contributed by atoms with E-state index >= 15 is 0 Å². The van der Waals surface area contributed by atoms with Crippen molar-refractivity contribution in [2.45, 2.75) is 0 Å². The van der Waals surface area contributed by atoms with Crippen LogP contribution in [0.25, 0.3) is 0 Å². The van der Waals surface area contributed by atoms with Gasteiger partial charge in [-0.2, -0.15) is 0 Å². The van der Waals surface area contributed by atoms with Gasteiger partial charge in [-0.3, -0.25) is 10.1 Å². The highest BCUT2D eigenvalue weighted by molar-refractivity contribution is 5.57. The molecule has 98 valence electrons. The van der Waals surface area contributed by atoms with Gasteiger partial charge in [0.2, 0.25) is 0 Å². The molecule has 6 heteroatoms. The van der Waals surface area contributed by atoms with Gasteiger partial charge in [0, 0.05) is 25.4 Å². The van der Waals surface area contributed by atoms with Crippen molar-refractivity contribution in [3.63, 3.8) is 0 Å². The maximum Gasteiger partial charge on any atom is 0.271 e. The van der Waals surface area contributed by atoms with Crippen LogP contribution in [0, 0.1) is 10.1 Å². The zero-order valence-electron chi connectivity index (χ0n) is 10.6. The summed E-state index contributed by atoms with van der Waals surface area (Å²) >= 11 is 0. The third kappa shape index (κ3) is 2.79. The van der Waals surface area contributed by atoms with Crippen molar-refractivity contribution in [2.24, 2.45) is 12.0 Å². The quantitative estimate of drug-likeness (QED) is 0.626. The molecule has 0 N–H and O–H groups in total. The Morgan fingerprint density at radius 3 is 2.74 bits per heavy atom. The second-order valence-electron chi connectivity index (χ2n) is 3.89. The summed E-state index contributed by atoms with van der Waals surface area (Å²) in [6.07, 6.45) is 1.85. The second-order valence-corrected chi connectivity index (χ2v) is 3.89. The maximum absolute atomic E-state index is 10.8. The van der Waals surface area contributed by atoms with Crippen LogP contribution < -0.4 is 10.2 Å². The summed E-state index contributed by atoms with van der Waals surface area (Å²) in [5, 5.41) is 10.8. The number of ether oxygens (including phenoxy) is 1. The molecule has 0 aliphatic heterocycles. The molecule has 0 amide bonds. The Kier molecular flexibility index (Phi) is 3.61. The van der Waals surface area contributed by atoms with E-state index in [-0.39, 0.29) is 5.69 Å². The Morgan fingerprint density at radius 2 is 2.11 bits per heavy atom. The lowest BCUT2D eigenvalue weighted by atomic mass is 10.2. The smallest absolute Gasteiger partial charge is 0.271 e. The number of methoxy groups -OCH3 is 1. The number of aryl methyl sites for hydroxylation is 1. The van der Waals surface area contributed by atoms with Gasteiger partial charge in [0.15, 0.2) is 0 Å². The molecule has 2 aromatic rings. The number of pyridine rings is 1. The largest absolute Gasteiger partial charge is 0.494 e. The molecule has 0 saturated carbocycles. The first kappa shape index (κ1) is 12.8. The molecule has 0 aliphatic carbocycles. The molecule has 2 rings (SSSR count). The molecule has 0 aliphatic rings. The fraction of sp³-hybridized carbons (Fsp3) is 0.154. The van der Waals surface area contributed by atoms with Crippen molar-refractivity contribution in [1.82, 2.24) is 4.57 Å². The summed E-state index contributed by atoms with van der Waals surface area (Å²) in [5.74, 6) is 0.495. The zero-order valence-corrected chi connectivity index (χ0v) is 10.6. The van der Waals surface area contributed by atoms with E-state index in [9.17, 15) is 10.1 Å². The van der Waals surface area contributed by atoms with E-state index in [1.807, 2.05) is 36.0 Å². The van der Waals surface area contributed by atoms with E-state index in [2.05, 4.69) is 4.99 Å². The van der Waals surface area contributed by atoms with Crippen LogP contribution in [0.3, 0.4) is 0 Å². The van der Waals surface area contributed by atoms with E-state index in [4.69, 9.17) is 4.74 Å². The summed E-state index contributed by atoms with van der Waals surface area (Å²) in [5.41, 5.74) is 1.10. The van der Waals surface area contributed by atoms with E-state index in [1.165, 1.54) is 19.2 Å². The molecule has 19 heavy (non-hydrogen) atoms. The van der Waals surface area contributed by atoms with Gasteiger partial charge in [0.1, 0.15) is 16.9 Å². The lowest BCUT2D eigenvalue weighted by Crippen LogP contribution is -2.15. The summed E-state index contributed by atoms with van der Waals surface area (Å²) in [7, 11) is 3.36. The number of nitrogens with zero attached hydrogens (tertiary/aromatic N) is 3. The van der Waals surface area contributed by atoms with Crippen LogP contribution in [-0.4, -0.2) is 16.6 Å². The molecule has 0 saturated heterocycles. The Hall–Kier alpha value is -2.63. The molecule has 6 nitrogen and oxygen atoms in total. The number of nitro benzene ring substituents is 1. The van der Waals surface area contributed by atoms with Gasteiger partial charge in [-0.15, -0.1) is 0 Å². The fourth-order valence-corrected chi connectivity index (χ4v) is 1.63. The summed E-state index contributed by atoms with van der Waals surface area (Å²) < 4.78 is 6.98. The van der Waals surface area contributed by atoms with Crippen LogP contribution in [-0.2, 0) is 7.05 Å². The van der Waals surface area contributed by atoms with Crippen molar-refractivity contribution >= 4 is 11.4 Å². The van der Waals surface area contributed by atoms with Crippen LogP contribution >= 0.6 is 0 Å². The Bertz CT molecular complexity index is 677. The Labute approximate surface area is 109 Å². The topological polar surface area (TPSA) is 69.7 Å². The second kappa shape index (κ2) is 5.34. The van der Waals surface area contributed by atoms with Gasteiger partial charge in [-0.1, -0.05) is 6.07 Å². The number of benzene rings is 1. The van der Waals surface area contributed by atoms with E-state index in [0.717, 1.165) is 0 Å². The molecule has 0 spiro atoms. The Morgan fingerprint density at radius 1 is 1.32 bits per heavy atom. The fourth-order valence-electron chi connectivity index (χ4n) is 1.63. The average Bonchev–Trinajstić information content (AvgIpc) is 2.41. The number of hydrogen-bond acceptors (Lipinski definition) is 4. The highest BCUT2D eigenvalue weighted by Gasteiger charge is 2.10. The van der Waals surface area contributed by atoms with Crippen molar-refractivity contribution < 1.29 is 9.66 Å². The predicted octanol–water partition coefficient (Wildman–Crippen LogP) is 2.17. The molecule has 1 aromatic carbocycles. The standard InChI is InChI=1S/C13H13N3O3/c1-15-8-4-3-5-13(15)14-11-9-10(16(17)18)6-7-12(11)19-2/h3-9H,1-2H3. The van der Waals surface area contributed by atoms with E-state index < -0.39 is 4.92 Å². The minimum Gasteiger partial charge on any atom is -0.494 e. The van der Waals surface area contributed by atoms with Crippen molar-refractivity contribution in [1.29, 1.82) is 0 Å². The SMILES string of the molecule is COc1ccc([N+](=O)[O-])cc1N=c1ccccn1C. The van der Waals surface area contributed by atoms with Gasteiger partial charge >= 0.3 is 0 Å². The minimum atomic E-state index is -0.455. The first-order valence-corrected chi connectivity index (χ1v) is 5.60. The van der Waals surface area contributed by atoms with Crippen LogP contribution in [0.4, 0.5) is 11.4 Å². The summed E-state index contributed by atoms with van der Waals surface area (Å²) in [6.45, 7) is 0. The highest BCUT2D eigenvalue weighted by Crippen LogP contribution is 2.30. The first-order chi connectivity index (χ1) is 9.11. The number of hydrogen-bond donors (Lipinski definition) is 0. The van der Waals surface area contributed by atoms with Crippen molar-refractivity contribution in [3.05, 3.63) is 58.2 Å². The monoisotopic (exact) mass is 259 g/mol. The van der Waals surface area contributed by atoms with Crippen LogP contribution in [0.5, 0.6) is 5.75 Å². The summed E-state index contributed by atoms with van der Waals surface area (Å²) in [6, 6.07) is 9.87. The van der Waals surface area contributed by atoms with Crippen molar-refractivity contribution in [2.75, 3.05) is 7.11 Å². The van der Waals surface area contributed by atoms with Gasteiger partial charge in [0.05, 0.1) is 12.0 Å². The summed E-state index contributed by atoms with van der Waals surface area (Å²) in [4.78, 5) is 14.7. The molecule has 0 unspecified atom stereocenters. The van der Waals surface area contributed by atoms with E-state index in [0.29, 0.717) is 16.9 Å². The molecule has 0 radical (unpaired) electrons. The first-order valence-electron chi connectivity index (χ1n) is 5.60. The van der Waals surface area contributed by atoms with Gasteiger partial charge < -0.3 is 9.30 Å². The van der Waals surface area contributed by atoms with Crippen LogP contribution in [0.15, 0.2) is 47.6 Å². The van der Waals surface area contributed by atoms with Crippen LogP contribution in [0.1, 0.15) is 0 Å². The Balaban J connectivity index is 2.61. The van der Waals surface area contributed by atoms with Crippen molar-refractivity contribution in [3.8, 4) is 5.75 Å². The molecule has 1 heterocycles. The highest BCUT2D eigenvalue weighted by atomic mass is 16.6. The molecule has 0 fully saturated rings. The van der Waals surface area contributed by atoms with E-state index in [1.54, 1.807) is 6.07 Å². The number of rotatable bonds is 3. The predicted molar refractivity (Wildman–Crippen MR) is 70.3 cm³/mol. The lowest BCUT2D eigenvalue weighted by molar-refractivity contribution is -0.384. The van der Waals surface area contributed by atoms with Gasteiger partial charge in [-0.05, 0) is 18.2 Å². The normalized spacial score (nSPS) is 11.4. The molecular formula is C13H13N3O3. The lowest BCUT2D eigenvalue weighted by Gasteiger charge is -2.04. The number of nitro groups is 1. The number of aromatic nitrogens is 1. The third-order valence-electron chi connectivity index (χ3n) is 2.64. The molecule has 0 atom stereocenters. The van der Waals surface area contributed by atoms with Crippen LogP contribution in [0.2, 0.25) is 0 Å².